The van der Waals surface area contributed by atoms with Crippen molar-refractivity contribution in [1.29, 1.82) is 0 Å². The molecule has 25 heavy (non-hydrogen) atoms. The first-order valence-corrected chi connectivity index (χ1v) is 7.92. The zero-order valence-electron chi connectivity index (χ0n) is 13.1. The fourth-order valence-electron chi connectivity index (χ4n) is 3.18. The van der Waals surface area contributed by atoms with Crippen molar-refractivity contribution < 1.29 is 26.7 Å². The fraction of sp³-hybridized carbons (Fsp3) is 0.600. The quantitative estimate of drug-likeness (QED) is 0.788. The van der Waals surface area contributed by atoms with Gasteiger partial charge in [-0.05, 0) is 6.07 Å². The van der Waals surface area contributed by atoms with Crippen LogP contribution in [0.25, 0.3) is 5.65 Å². The molecule has 0 radical (unpaired) electrons. The van der Waals surface area contributed by atoms with Gasteiger partial charge in [0, 0.05) is 38.0 Å². The molecule has 4 rings (SSSR count). The molecule has 1 aliphatic carbocycles. The molecule has 136 valence electrons. The van der Waals surface area contributed by atoms with E-state index >= 15 is 0 Å². The van der Waals surface area contributed by atoms with Crippen LogP contribution in [-0.4, -0.2) is 46.8 Å². The molecule has 3 heterocycles. The topological polar surface area (TPSA) is 42.7 Å². The van der Waals surface area contributed by atoms with Crippen LogP contribution in [0.4, 0.5) is 27.6 Å². The number of pyridine rings is 1. The molecule has 0 aromatic carbocycles. The molecule has 1 unspecified atom stereocenters. The number of nitrogens with zero attached hydrogens (tertiary/aromatic N) is 4. The first-order chi connectivity index (χ1) is 11.8. The second kappa shape index (κ2) is 5.52. The maximum Gasteiger partial charge on any atom is 0.422 e. The van der Waals surface area contributed by atoms with E-state index < -0.39 is 23.6 Å². The largest absolute Gasteiger partial charge is 0.422 e. The maximum absolute atomic E-state index is 13.7. The van der Waals surface area contributed by atoms with Crippen molar-refractivity contribution in [2.45, 2.75) is 24.9 Å². The van der Waals surface area contributed by atoms with Crippen molar-refractivity contribution in [3.05, 3.63) is 23.7 Å². The summed E-state index contributed by atoms with van der Waals surface area (Å²) in [6.45, 7) is 1.37. The van der Waals surface area contributed by atoms with Gasteiger partial charge in [0.1, 0.15) is 11.4 Å². The van der Waals surface area contributed by atoms with Crippen LogP contribution >= 0.6 is 0 Å². The van der Waals surface area contributed by atoms with E-state index in [0.717, 1.165) is 0 Å². The van der Waals surface area contributed by atoms with E-state index in [1.165, 1.54) is 16.7 Å². The summed E-state index contributed by atoms with van der Waals surface area (Å²) in [5.74, 6) is -3.52. The molecule has 1 saturated heterocycles. The van der Waals surface area contributed by atoms with Gasteiger partial charge in [-0.15, -0.1) is 10.2 Å². The molecule has 2 aromatic heterocycles. The predicted molar refractivity (Wildman–Crippen MR) is 77.8 cm³/mol. The Bertz CT molecular complexity index is 797. The molecule has 5 nitrogen and oxygen atoms in total. The summed E-state index contributed by atoms with van der Waals surface area (Å²) in [5, 5.41) is 7.40. The number of hydrogen-bond acceptors (Lipinski definition) is 4. The molecule has 1 aliphatic heterocycles. The lowest BCUT2D eigenvalue weighted by molar-refractivity contribution is -0.136. The van der Waals surface area contributed by atoms with Crippen LogP contribution in [0.1, 0.15) is 17.8 Å². The Morgan fingerprint density at radius 2 is 1.88 bits per heavy atom. The predicted octanol–water partition coefficient (Wildman–Crippen LogP) is 2.78. The van der Waals surface area contributed by atoms with Crippen LogP contribution in [0.5, 0.6) is 0 Å². The Labute approximate surface area is 139 Å². The van der Waals surface area contributed by atoms with Crippen molar-refractivity contribution >= 4 is 11.3 Å². The van der Waals surface area contributed by atoms with Crippen LogP contribution in [-0.2, 0) is 17.3 Å². The minimum atomic E-state index is -4.63. The zero-order valence-corrected chi connectivity index (χ0v) is 13.1. The van der Waals surface area contributed by atoms with Crippen molar-refractivity contribution in [2.24, 2.45) is 5.92 Å². The molecule has 10 heteroatoms. The highest BCUT2D eigenvalue weighted by molar-refractivity contribution is 5.67. The molecule has 2 aliphatic rings. The van der Waals surface area contributed by atoms with Crippen LogP contribution in [0.2, 0.25) is 0 Å². The van der Waals surface area contributed by atoms with Crippen molar-refractivity contribution in [3.63, 3.8) is 0 Å². The second-order valence-corrected chi connectivity index (χ2v) is 6.35. The second-order valence-electron chi connectivity index (χ2n) is 6.35. The van der Waals surface area contributed by atoms with Gasteiger partial charge in [0.15, 0.2) is 5.65 Å². The van der Waals surface area contributed by atoms with Crippen LogP contribution in [0.3, 0.4) is 0 Å². The third kappa shape index (κ3) is 2.92. The third-order valence-corrected chi connectivity index (χ3v) is 4.65. The Hall–Kier alpha value is -1.97. The van der Waals surface area contributed by atoms with E-state index in [9.17, 15) is 22.0 Å². The first-order valence-electron chi connectivity index (χ1n) is 7.92. The Morgan fingerprint density at radius 1 is 1.20 bits per heavy atom. The number of aromatic nitrogens is 3. The lowest BCUT2D eigenvalue weighted by Crippen LogP contribution is -2.37. The summed E-state index contributed by atoms with van der Waals surface area (Å²) in [6.07, 6.45) is -3.57. The molecule has 1 atom stereocenters. The molecule has 0 bridgehead atoms. The number of anilines is 1. The third-order valence-electron chi connectivity index (χ3n) is 4.65. The molecule has 0 spiro atoms. The minimum absolute atomic E-state index is 0.0130. The Balaban J connectivity index is 1.77. The molecule has 1 saturated carbocycles. The molecule has 2 fully saturated rings. The van der Waals surface area contributed by atoms with Gasteiger partial charge in [-0.25, -0.2) is 8.78 Å². The number of rotatable bonds is 3. The van der Waals surface area contributed by atoms with Gasteiger partial charge >= 0.3 is 6.18 Å². The van der Waals surface area contributed by atoms with E-state index in [2.05, 4.69) is 10.2 Å². The van der Waals surface area contributed by atoms with Gasteiger partial charge in [0.2, 0.25) is 0 Å². The fourth-order valence-corrected chi connectivity index (χ4v) is 3.18. The lowest BCUT2D eigenvalue weighted by Gasteiger charge is -2.31. The van der Waals surface area contributed by atoms with Gasteiger partial charge < -0.3 is 9.64 Å². The summed E-state index contributed by atoms with van der Waals surface area (Å²) in [5.41, 5.74) is -1.23. The highest BCUT2D eigenvalue weighted by Crippen LogP contribution is 2.50. The van der Waals surface area contributed by atoms with Crippen molar-refractivity contribution in [1.82, 2.24) is 14.6 Å². The van der Waals surface area contributed by atoms with E-state index in [1.807, 2.05) is 0 Å². The van der Waals surface area contributed by atoms with Crippen LogP contribution in [0, 0.1) is 5.92 Å². The van der Waals surface area contributed by atoms with Gasteiger partial charge in [-0.3, -0.25) is 4.40 Å². The zero-order chi connectivity index (χ0) is 17.8. The van der Waals surface area contributed by atoms with Gasteiger partial charge in [-0.2, -0.15) is 13.2 Å². The van der Waals surface area contributed by atoms with E-state index in [4.69, 9.17) is 4.74 Å². The number of hydrogen-bond donors (Lipinski definition) is 0. The summed E-state index contributed by atoms with van der Waals surface area (Å²) in [6, 6.07) is 1.35. The average molecular weight is 362 g/mol. The normalized spacial score (nSPS) is 23.2. The van der Waals surface area contributed by atoms with Crippen molar-refractivity contribution in [2.75, 3.05) is 31.2 Å². The highest BCUT2D eigenvalue weighted by atomic mass is 19.4. The molecule has 2 aromatic rings. The van der Waals surface area contributed by atoms with Gasteiger partial charge in [0.25, 0.3) is 5.92 Å². The van der Waals surface area contributed by atoms with E-state index in [0.29, 0.717) is 26.3 Å². The lowest BCUT2D eigenvalue weighted by atomic mass is 10.1. The van der Waals surface area contributed by atoms with Crippen molar-refractivity contribution in [3.8, 4) is 0 Å². The summed E-state index contributed by atoms with van der Waals surface area (Å²) in [7, 11) is 0. The van der Waals surface area contributed by atoms with E-state index in [-0.39, 0.29) is 30.0 Å². The summed E-state index contributed by atoms with van der Waals surface area (Å²) >= 11 is 0. The summed E-state index contributed by atoms with van der Waals surface area (Å²) < 4.78 is 73.6. The molecular formula is C15H15F5N4O. The number of halogens is 5. The van der Waals surface area contributed by atoms with E-state index in [1.54, 1.807) is 4.90 Å². The smallest absolute Gasteiger partial charge is 0.378 e. The monoisotopic (exact) mass is 362 g/mol. The number of alkyl halides is 5. The number of fused-ring (bicyclic) bond motifs is 1. The Kier molecular flexibility index (Phi) is 3.64. The van der Waals surface area contributed by atoms with Gasteiger partial charge in [0.05, 0.1) is 18.9 Å². The minimum Gasteiger partial charge on any atom is -0.378 e. The molecule has 0 amide bonds. The molecular weight excluding hydrogens is 347 g/mol. The van der Waals surface area contributed by atoms with Crippen LogP contribution in [0.15, 0.2) is 12.3 Å². The molecule has 0 N–H and O–H groups in total. The number of ether oxygens (including phenoxy) is 1. The van der Waals surface area contributed by atoms with Crippen LogP contribution < -0.4 is 4.90 Å². The number of morpholine rings is 1. The first kappa shape index (κ1) is 16.5. The standard InChI is InChI=1S/C15H15F5N4O/c16-14(17)8-9(14)7-11-21-22-13-12(15(18,19)20)10(1-2-24(11)13)23-3-5-25-6-4-23/h1-2,9H,3-8H2. The average Bonchev–Trinajstić information content (AvgIpc) is 2.97. The SMILES string of the molecule is FC(F)(F)c1c(N2CCOCC2)ccn2c(CC3CC3(F)F)nnc12. The van der Waals surface area contributed by atoms with Gasteiger partial charge in [-0.1, -0.05) is 0 Å². The summed E-state index contributed by atoms with van der Waals surface area (Å²) in [4.78, 5) is 1.59. The maximum atomic E-state index is 13.7. The Morgan fingerprint density at radius 3 is 2.48 bits per heavy atom. The highest BCUT2D eigenvalue weighted by Gasteiger charge is 2.57.